The van der Waals surface area contributed by atoms with Crippen LogP contribution in [0, 0.1) is 5.92 Å². The van der Waals surface area contributed by atoms with Crippen molar-refractivity contribution < 1.29 is 0 Å². The van der Waals surface area contributed by atoms with Gasteiger partial charge in [0, 0.05) is 12.4 Å². The summed E-state index contributed by atoms with van der Waals surface area (Å²) in [6, 6.07) is 0. The van der Waals surface area contributed by atoms with E-state index in [0.29, 0.717) is 5.92 Å². The summed E-state index contributed by atoms with van der Waals surface area (Å²) in [4.78, 5) is 10.8. The maximum absolute atomic E-state index is 4.41. The van der Waals surface area contributed by atoms with E-state index >= 15 is 0 Å². The highest BCUT2D eigenvalue weighted by atomic mass is 15.2. The van der Waals surface area contributed by atoms with Crippen molar-refractivity contribution in [1.82, 2.24) is 4.90 Å². The predicted octanol–water partition coefficient (Wildman–Crippen LogP) is 3.21. The lowest BCUT2D eigenvalue weighted by Gasteiger charge is -2.25. The van der Waals surface area contributed by atoms with Gasteiger partial charge in [-0.15, -0.1) is 0 Å². The fourth-order valence-corrected chi connectivity index (χ4v) is 1.45. The normalized spacial score (nSPS) is 18.1. The third kappa shape index (κ3) is 2.81. The molecule has 2 aliphatic rings. The number of allylic oxidation sites excluding steroid dienone is 1. The Kier molecular flexibility index (Phi) is 4.47. The van der Waals surface area contributed by atoms with Gasteiger partial charge in [-0.05, 0) is 18.4 Å². The zero-order chi connectivity index (χ0) is 12.1. The van der Waals surface area contributed by atoms with E-state index in [1.165, 1.54) is 5.57 Å². The molecule has 0 atom stereocenters. The summed E-state index contributed by atoms with van der Waals surface area (Å²) in [5, 5.41) is 0. The first-order valence-electron chi connectivity index (χ1n) is 5.92. The summed E-state index contributed by atoms with van der Waals surface area (Å²) in [6.07, 6.45) is 6.03. The number of aliphatic imine (C=N–C) groups is 2. The van der Waals surface area contributed by atoms with Gasteiger partial charge in [-0.25, -0.2) is 0 Å². The Hall–Kier alpha value is -1.38. The van der Waals surface area contributed by atoms with Crippen LogP contribution < -0.4 is 0 Å². The first-order valence-corrected chi connectivity index (χ1v) is 5.92. The van der Waals surface area contributed by atoms with Crippen LogP contribution >= 0.6 is 0 Å². The molecule has 0 spiro atoms. The SMILES string of the molecule is CC.CC1=CN2C=C(C(C)C)N=CC2=NC1. The highest BCUT2D eigenvalue weighted by Gasteiger charge is 2.15. The zero-order valence-electron chi connectivity index (χ0n) is 10.9. The molecule has 3 heteroatoms. The summed E-state index contributed by atoms with van der Waals surface area (Å²) in [5.74, 6) is 1.41. The van der Waals surface area contributed by atoms with Gasteiger partial charge in [-0.2, -0.15) is 0 Å². The monoisotopic (exact) mass is 219 g/mol. The Morgan fingerprint density at radius 1 is 1.25 bits per heavy atom. The lowest BCUT2D eigenvalue weighted by molar-refractivity contribution is 0.667. The summed E-state index contributed by atoms with van der Waals surface area (Å²) < 4.78 is 0. The Balaban J connectivity index is 0.000000606. The molecule has 0 fully saturated rings. The number of rotatable bonds is 1. The molecule has 0 aliphatic carbocycles. The van der Waals surface area contributed by atoms with Crippen LogP contribution in [0.1, 0.15) is 34.6 Å². The lowest BCUT2D eigenvalue weighted by atomic mass is 10.1. The minimum absolute atomic E-state index is 0.462. The molecule has 0 bridgehead atoms. The molecular weight excluding hydrogens is 198 g/mol. The van der Waals surface area contributed by atoms with Crippen molar-refractivity contribution in [2.75, 3.05) is 6.54 Å². The number of nitrogens with zero attached hydrogens (tertiary/aromatic N) is 3. The molecule has 0 aromatic carbocycles. The molecule has 0 aromatic rings. The van der Waals surface area contributed by atoms with Crippen LogP contribution in [0.2, 0.25) is 0 Å². The largest absolute Gasteiger partial charge is 0.306 e. The summed E-state index contributed by atoms with van der Waals surface area (Å²) in [7, 11) is 0. The van der Waals surface area contributed by atoms with Crippen LogP contribution in [0.5, 0.6) is 0 Å². The van der Waals surface area contributed by atoms with Crippen molar-refractivity contribution in [3.63, 3.8) is 0 Å². The second kappa shape index (κ2) is 5.64. The van der Waals surface area contributed by atoms with Gasteiger partial charge in [0.1, 0.15) is 0 Å². The molecule has 2 rings (SSSR count). The van der Waals surface area contributed by atoms with E-state index in [4.69, 9.17) is 0 Å². The van der Waals surface area contributed by atoms with E-state index in [1.807, 2.05) is 20.1 Å². The molecule has 0 aromatic heterocycles. The Bertz CT molecular complexity index is 359. The molecule has 0 saturated carbocycles. The second-order valence-electron chi connectivity index (χ2n) is 4.02. The molecule has 0 radical (unpaired) electrons. The molecule has 0 amide bonds. The number of amidine groups is 1. The van der Waals surface area contributed by atoms with Gasteiger partial charge >= 0.3 is 0 Å². The smallest absolute Gasteiger partial charge is 0.150 e. The number of fused-ring (bicyclic) bond motifs is 1. The second-order valence-corrected chi connectivity index (χ2v) is 4.02. The van der Waals surface area contributed by atoms with Crippen molar-refractivity contribution in [3.8, 4) is 0 Å². The molecule has 88 valence electrons. The minimum Gasteiger partial charge on any atom is -0.306 e. The van der Waals surface area contributed by atoms with Crippen LogP contribution in [0.25, 0.3) is 0 Å². The topological polar surface area (TPSA) is 28.0 Å². The predicted molar refractivity (Wildman–Crippen MR) is 70.7 cm³/mol. The van der Waals surface area contributed by atoms with E-state index in [2.05, 4.69) is 48.1 Å². The number of hydrogen-bond acceptors (Lipinski definition) is 3. The standard InChI is InChI=1S/C11H15N3.C2H6/c1-8(2)10-7-14-6-9(3)4-13-11(14)5-12-10;1-2/h5-8H,4H2,1-3H3;1-2H3. The molecule has 3 nitrogen and oxygen atoms in total. The fourth-order valence-electron chi connectivity index (χ4n) is 1.45. The van der Waals surface area contributed by atoms with Gasteiger partial charge in [0.25, 0.3) is 0 Å². The Labute approximate surface area is 98.3 Å². The zero-order valence-corrected chi connectivity index (χ0v) is 10.9. The molecular formula is C13H21N3. The van der Waals surface area contributed by atoms with E-state index in [1.54, 1.807) is 0 Å². The van der Waals surface area contributed by atoms with Crippen molar-refractivity contribution in [2.45, 2.75) is 34.6 Å². The van der Waals surface area contributed by atoms with Gasteiger partial charge in [0.2, 0.25) is 0 Å². The summed E-state index contributed by atoms with van der Waals surface area (Å²) in [6.45, 7) is 11.2. The minimum atomic E-state index is 0.462. The highest BCUT2D eigenvalue weighted by Crippen LogP contribution is 2.18. The third-order valence-corrected chi connectivity index (χ3v) is 2.31. The van der Waals surface area contributed by atoms with E-state index in [9.17, 15) is 0 Å². The van der Waals surface area contributed by atoms with Crippen LogP contribution in [-0.4, -0.2) is 23.5 Å². The van der Waals surface area contributed by atoms with Gasteiger partial charge in [0.05, 0.1) is 18.5 Å². The Morgan fingerprint density at radius 2 is 1.94 bits per heavy atom. The summed E-state index contributed by atoms with van der Waals surface area (Å²) in [5.41, 5.74) is 2.39. The molecule has 0 N–H and O–H groups in total. The van der Waals surface area contributed by atoms with Crippen LogP contribution in [0.15, 0.2) is 33.7 Å². The van der Waals surface area contributed by atoms with E-state index in [0.717, 1.165) is 18.1 Å². The number of hydrogen-bond donors (Lipinski definition) is 0. The van der Waals surface area contributed by atoms with Crippen molar-refractivity contribution in [3.05, 3.63) is 23.7 Å². The van der Waals surface area contributed by atoms with Crippen molar-refractivity contribution in [1.29, 1.82) is 0 Å². The highest BCUT2D eigenvalue weighted by molar-refractivity contribution is 6.31. The van der Waals surface area contributed by atoms with Crippen LogP contribution in [0.3, 0.4) is 0 Å². The fraction of sp³-hybridized carbons (Fsp3) is 0.538. The van der Waals surface area contributed by atoms with Gasteiger partial charge in [0.15, 0.2) is 5.84 Å². The Morgan fingerprint density at radius 3 is 2.56 bits per heavy atom. The molecule has 0 saturated heterocycles. The van der Waals surface area contributed by atoms with Gasteiger partial charge in [-0.3, -0.25) is 9.98 Å². The molecule has 0 unspecified atom stereocenters. The lowest BCUT2D eigenvalue weighted by Crippen LogP contribution is -2.29. The van der Waals surface area contributed by atoms with Crippen molar-refractivity contribution in [2.24, 2.45) is 15.9 Å². The first-order chi connectivity index (χ1) is 7.66. The van der Waals surface area contributed by atoms with Crippen molar-refractivity contribution >= 4 is 12.1 Å². The maximum Gasteiger partial charge on any atom is 0.150 e. The quantitative estimate of drug-likeness (QED) is 0.665. The van der Waals surface area contributed by atoms with Gasteiger partial charge in [-0.1, -0.05) is 27.7 Å². The summed E-state index contributed by atoms with van der Waals surface area (Å²) >= 11 is 0. The maximum atomic E-state index is 4.41. The van der Waals surface area contributed by atoms with Crippen LogP contribution in [0.4, 0.5) is 0 Å². The van der Waals surface area contributed by atoms with E-state index < -0.39 is 0 Å². The molecule has 16 heavy (non-hydrogen) atoms. The molecule has 2 aliphatic heterocycles. The van der Waals surface area contributed by atoms with E-state index in [-0.39, 0.29) is 0 Å². The third-order valence-electron chi connectivity index (χ3n) is 2.31. The molecule has 2 heterocycles. The average molecular weight is 219 g/mol. The van der Waals surface area contributed by atoms with Gasteiger partial charge < -0.3 is 4.90 Å². The first kappa shape index (κ1) is 12.7. The van der Waals surface area contributed by atoms with Crippen LogP contribution in [-0.2, 0) is 0 Å². The average Bonchev–Trinajstić information content (AvgIpc) is 2.30.